The Bertz CT molecular complexity index is 1040. The van der Waals surface area contributed by atoms with Gasteiger partial charge in [-0.15, -0.1) is 0 Å². The van der Waals surface area contributed by atoms with Crippen LogP contribution in [0.5, 0.6) is 5.75 Å². The standard InChI is InChI=1S/C21H25N3O6S/c1-4-16-5-6-17(31(16)28)21-23-20(24-30-21)14-7-12(2)19(13(3)8-14)29-11-15(26)9-22-18(27)10-25/h5-8,15,25-26H,4,9-11H2,1-3H3,(H,22,27)/t15-,31?/m1/s1. The molecule has 1 aromatic heterocycles. The molecule has 0 radical (unpaired) electrons. The minimum Gasteiger partial charge on any atom is -0.490 e. The topological polar surface area (TPSA) is 135 Å². The predicted molar refractivity (Wildman–Crippen MR) is 115 cm³/mol. The van der Waals surface area contributed by atoms with Gasteiger partial charge in [0.2, 0.25) is 11.7 Å². The molecule has 2 atom stereocenters. The van der Waals surface area contributed by atoms with Crippen molar-refractivity contribution >= 4 is 21.6 Å². The number of aryl methyl sites for hydroxylation is 2. The number of carbonyl (C=O) groups excluding carboxylic acids is 1. The Morgan fingerprint density at radius 1 is 1.29 bits per heavy atom. The van der Waals surface area contributed by atoms with Gasteiger partial charge in [-0.05, 0) is 55.7 Å². The van der Waals surface area contributed by atoms with E-state index < -0.39 is 29.4 Å². The number of aliphatic hydroxyl groups is 2. The van der Waals surface area contributed by atoms with Gasteiger partial charge in [0.15, 0.2) is 0 Å². The van der Waals surface area contributed by atoms with Crippen molar-refractivity contribution in [1.29, 1.82) is 0 Å². The maximum Gasteiger partial charge on any atom is 0.267 e. The van der Waals surface area contributed by atoms with Gasteiger partial charge in [0.25, 0.3) is 5.89 Å². The molecule has 9 nitrogen and oxygen atoms in total. The van der Waals surface area contributed by atoms with E-state index in [2.05, 4.69) is 15.5 Å². The van der Waals surface area contributed by atoms with E-state index >= 15 is 0 Å². The first-order valence-electron chi connectivity index (χ1n) is 9.80. The molecule has 1 aliphatic rings. The third kappa shape index (κ3) is 5.27. The Kier molecular flexibility index (Phi) is 7.37. The van der Waals surface area contributed by atoms with E-state index in [0.717, 1.165) is 21.6 Å². The van der Waals surface area contributed by atoms with Crippen LogP contribution in [0.3, 0.4) is 0 Å². The van der Waals surface area contributed by atoms with Crippen molar-refractivity contribution in [3.8, 4) is 17.1 Å². The van der Waals surface area contributed by atoms with Crippen molar-refractivity contribution in [3.63, 3.8) is 0 Å². The van der Waals surface area contributed by atoms with Crippen LogP contribution in [0, 0.1) is 13.8 Å². The predicted octanol–water partition coefficient (Wildman–Crippen LogP) is 1.60. The van der Waals surface area contributed by atoms with Crippen LogP contribution >= 0.6 is 0 Å². The summed E-state index contributed by atoms with van der Waals surface area (Å²) in [6, 6.07) is 3.68. The number of allylic oxidation sites excluding steroid dienone is 3. The van der Waals surface area contributed by atoms with Crippen molar-refractivity contribution in [3.05, 3.63) is 46.2 Å². The molecule has 2 aromatic rings. The molecule has 31 heavy (non-hydrogen) atoms. The highest BCUT2D eigenvalue weighted by atomic mass is 32.2. The Morgan fingerprint density at radius 2 is 2.00 bits per heavy atom. The number of nitrogens with one attached hydrogen (secondary N) is 1. The lowest BCUT2D eigenvalue weighted by molar-refractivity contribution is -0.124. The lowest BCUT2D eigenvalue weighted by atomic mass is 10.1. The maximum atomic E-state index is 12.4. The van der Waals surface area contributed by atoms with Crippen LogP contribution in [-0.4, -0.2) is 56.3 Å². The molecule has 0 aliphatic carbocycles. The maximum absolute atomic E-state index is 12.4. The van der Waals surface area contributed by atoms with Gasteiger partial charge < -0.3 is 24.8 Å². The summed E-state index contributed by atoms with van der Waals surface area (Å²) in [6.07, 6.45) is 3.33. The summed E-state index contributed by atoms with van der Waals surface area (Å²) in [4.78, 5) is 16.8. The van der Waals surface area contributed by atoms with Gasteiger partial charge in [-0.2, -0.15) is 4.98 Å². The second-order valence-corrected chi connectivity index (χ2v) is 8.58. The number of nitrogens with zero attached hydrogens (tertiary/aromatic N) is 2. The van der Waals surface area contributed by atoms with Gasteiger partial charge in [0.1, 0.15) is 30.0 Å². The van der Waals surface area contributed by atoms with Crippen LogP contribution in [0.1, 0.15) is 30.4 Å². The summed E-state index contributed by atoms with van der Waals surface area (Å²) in [7, 11) is -1.28. The fourth-order valence-electron chi connectivity index (χ4n) is 3.11. The molecule has 2 heterocycles. The monoisotopic (exact) mass is 447 g/mol. The Labute approximate surface area is 182 Å². The molecule has 0 saturated carbocycles. The molecule has 1 aromatic carbocycles. The van der Waals surface area contributed by atoms with Crippen molar-refractivity contribution < 1.29 is 28.5 Å². The quantitative estimate of drug-likeness (QED) is 0.528. The van der Waals surface area contributed by atoms with Gasteiger partial charge in [0.05, 0.1) is 10.8 Å². The lowest BCUT2D eigenvalue weighted by Gasteiger charge is -2.16. The molecule has 0 spiro atoms. The van der Waals surface area contributed by atoms with Crippen LogP contribution in [0.25, 0.3) is 16.3 Å². The van der Waals surface area contributed by atoms with E-state index in [0.29, 0.717) is 22.9 Å². The van der Waals surface area contributed by atoms with Gasteiger partial charge in [-0.3, -0.25) is 4.79 Å². The fraction of sp³-hybridized carbons (Fsp3) is 0.381. The number of benzene rings is 1. The highest BCUT2D eigenvalue weighted by molar-refractivity contribution is 7.98. The first-order chi connectivity index (χ1) is 14.8. The van der Waals surface area contributed by atoms with Gasteiger partial charge in [0, 0.05) is 17.0 Å². The molecule has 0 saturated heterocycles. The first kappa shape index (κ1) is 22.9. The van der Waals surface area contributed by atoms with E-state index in [1.165, 1.54) is 0 Å². The zero-order chi connectivity index (χ0) is 22.5. The molecule has 0 fully saturated rings. The molecule has 3 rings (SSSR count). The Hall–Kier alpha value is -2.82. The van der Waals surface area contributed by atoms with Crippen molar-refractivity contribution in [2.45, 2.75) is 33.3 Å². The summed E-state index contributed by atoms with van der Waals surface area (Å²) in [5.74, 6) is 0.657. The number of aliphatic hydroxyl groups excluding tert-OH is 2. The lowest BCUT2D eigenvalue weighted by Crippen LogP contribution is -2.36. The molecule has 1 amide bonds. The molecule has 3 N–H and O–H groups in total. The second-order valence-electron chi connectivity index (χ2n) is 7.08. The number of carbonyl (C=O) groups is 1. The molecule has 166 valence electrons. The number of rotatable bonds is 9. The Morgan fingerprint density at radius 3 is 2.61 bits per heavy atom. The number of aromatic nitrogens is 2. The highest BCUT2D eigenvalue weighted by Gasteiger charge is 2.24. The van der Waals surface area contributed by atoms with Crippen LogP contribution in [0.15, 0.2) is 33.7 Å². The minimum atomic E-state index is -1.28. The minimum absolute atomic E-state index is 0.0208. The summed E-state index contributed by atoms with van der Waals surface area (Å²) in [5, 5.41) is 25.0. The largest absolute Gasteiger partial charge is 0.490 e. The molecular formula is C21H25N3O6S. The summed E-state index contributed by atoms with van der Waals surface area (Å²) < 4.78 is 23.5. The average molecular weight is 448 g/mol. The molecular weight excluding hydrogens is 422 g/mol. The number of hydrogen-bond acceptors (Lipinski definition) is 8. The van der Waals surface area contributed by atoms with E-state index in [1.807, 2.05) is 39.0 Å². The third-order valence-electron chi connectivity index (χ3n) is 4.66. The zero-order valence-corrected chi connectivity index (χ0v) is 18.4. The second kappa shape index (κ2) is 9.99. The number of hydrogen-bond donors (Lipinski definition) is 3. The van der Waals surface area contributed by atoms with Crippen LogP contribution in [0.4, 0.5) is 0 Å². The first-order valence-corrected chi connectivity index (χ1v) is 11.0. The van der Waals surface area contributed by atoms with Crippen LogP contribution < -0.4 is 10.1 Å². The van der Waals surface area contributed by atoms with Crippen LogP contribution in [-0.2, 0) is 15.6 Å². The molecule has 0 bridgehead atoms. The summed E-state index contributed by atoms with van der Waals surface area (Å²) in [6.45, 7) is 4.99. The molecule has 1 aliphatic heterocycles. The van der Waals surface area contributed by atoms with E-state index in [1.54, 1.807) is 6.08 Å². The summed E-state index contributed by atoms with van der Waals surface area (Å²) in [5.41, 5.74) is 2.35. The fourth-order valence-corrected chi connectivity index (χ4v) is 4.28. The van der Waals surface area contributed by atoms with Gasteiger partial charge >= 0.3 is 0 Å². The Balaban J connectivity index is 1.69. The van der Waals surface area contributed by atoms with E-state index in [-0.39, 0.29) is 19.0 Å². The number of amides is 1. The zero-order valence-electron chi connectivity index (χ0n) is 17.5. The van der Waals surface area contributed by atoms with E-state index in [9.17, 15) is 14.1 Å². The van der Waals surface area contributed by atoms with Crippen molar-refractivity contribution in [2.75, 3.05) is 19.8 Å². The van der Waals surface area contributed by atoms with Crippen molar-refractivity contribution in [1.82, 2.24) is 15.5 Å². The van der Waals surface area contributed by atoms with Gasteiger partial charge in [-0.1, -0.05) is 12.1 Å². The highest BCUT2D eigenvalue weighted by Crippen LogP contribution is 2.32. The molecule has 10 heteroatoms. The smallest absolute Gasteiger partial charge is 0.267 e. The van der Waals surface area contributed by atoms with E-state index in [4.69, 9.17) is 14.4 Å². The average Bonchev–Trinajstić information content (AvgIpc) is 3.37. The number of ether oxygens (including phenoxy) is 1. The third-order valence-corrected chi connectivity index (χ3v) is 6.27. The molecule has 1 unspecified atom stereocenters. The summed E-state index contributed by atoms with van der Waals surface area (Å²) >= 11 is 0. The van der Waals surface area contributed by atoms with Crippen LogP contribution in [0.2, 0.25) is 0 Å². The normalized spacial score (nSPS) is 16.6. The van der Waals surface area contributed by atoms with Crippen molar-refractivity contribution in [2.24, 2.45) is 0 Å². The SMILES string of the molecule is CCC1=CC=C(c2nc(-c3cc(C)c(OC[C@H](O)CNC(=O)CO)c(C)c3)no2)S1=O. The van der Waals surface area contributed by atoms with Gasteiger partial charge in [-0.25, -0.2) is 4.21 Å².